The van der Waals surface area contributed by atoms with Crippen LogP contribution in [0.25, 0.3) is 0 Å². The van der Waals surface area contributed by atoms with Gasteiger partial charge in [-0.3, -0.25) is 9.69 Å². The van der Waals surface area contributed by atoms with Crippen LogP contribution in [-0.2, 0) is 0 Å². The molecule has 0 atom stereocenters. The van der Waals surface area contributed by atoms with Gasteiger partial charge in [0.2, 0.25) is 0 Å². The van der Waals surface area contributed by atoms with Crippen LogP contribution in [0, 0.1) is 6.92 Å². The fourth-order valence-corrected chi connectivity index (χ4v) is 2.09. The molecule has 0 unspecified atom stereocenters. The third-order valence-electron chi connectivity index (χ3n) is 3.17. The number of hydrogen-bond donors (Lipinski definition) is 1. The first kappa shape index (κ1) is 12.3. The maximum atomic E-state index is 12.1. The summed E-state index contributed by atoms with van der Waals surface area (Å²) >= 11 is 0. The largest absolute Gasteiger partial charge is 0.315 e. The van der Waals surface area contributed by atoms with Gasteiger partial charge in [0.25, 0.3) is 0 Å². The van der Waals surface area contributed by atoms with Crippen LogP contribution in [0.2, 0.25) is 0 Å². The van der Waals surface area contributed by atoms with Crippen molar-refractivity contribution >= 4 is 5.78 Å². The molecule has 3 heteroatoms. The van der Waals surface area contributed by atoms with Crippen molar-refractivity contribution in [3.8, 4) is 0 Å². The number of aryl methyl sites for hydroxylation is 1. The average molecular weight is 232 g/mol. The van der Waals surface area contributed by atoms with Crippen LogP contribution < -0.4 is 5.32 Å². The van der Waals surface area contributed by atoms with E-state index in [1.807, 2.05) is 31.2 Å². The number of rotatable bonds is 3. The molecule has 0 bridgehead atoms. The second-order valence-electron chi connectivity index (χ2n) is 4.67. The summed E-state index contributed by atoms with van der Waals surface area (Å²) in [4.78, 5) is 14.3. The van der Waals surface area contributed by atoms with E-state index in [1.54, 1.807) is 0 Å². The first-order valence-corrected chi connectivity index (χ1v) is 6.28. The second kappa shape index (κ2) is 5.94. The van der Waals surface area contributed by atoms with Crippen LogP contribution in [-0.4, -0.2) is 43.4 Å². The highest BCUT2D eigenvalue weighted by atomic mass is 16.1. The van der Waals surface area contributed by atoms with Gasteiger partial charge in [-0.15, -0.1) is 0 Å². The molecule has 0 spiro atoms. The first-order valence-electron chi connectivity index (χ1n) is 6.28. The fourth-order valence-electron chi connectivity index (χ4n) is 2.09. The third kappa shape index (κ3) is 3.65. The van der Waals surface area contributed by atoms with E-state index < -0.39 is 0 Å². The Balaban J connectivity index is 1.93. The van der Waals surface area contributed by atoms with E-state index in [9.17, 15) is 4.79 Å². The van der Waals surface area contributed by atoms with E-state index in [4.69, 9.17) is 0 Å². The van der Waals surface area contributed by atoms with E-state index in [1.165, 1.54) is 5.56 Å². The normalized spacial score (nSPS) is 17.7. The lowest BCUT2D eigenvalue weighted by Gasteiger charge is -2.18. The van der Waals surface area contributed by atoms with Crippen molar-refractivity contribution in [3.63, 3.8) is 0 Å². The number of nitrogens with one attached hydrogen (secondary N) is 1. The van der Waals surface area contributed by atoms with Crippen molar-refractivity contribution in [1.29, 1.82) is 0 Å². The SMILES string of the molecule is Cc1ccc(C(=O)CN2CCCNCC2)cc1. The quantitative estimate of drug-likeness (QED) is 0.801. The molecule has 17 heavy (non-hydrogen) atoms. The third-order valence-corrected chi connectivity index (χ3v) is 3.17. The van der Waals surface area contributed by atoms with Gasteiger partial charge in [-0.2, -0.15) is 0 Å². The maximum absolute atomic E-state index is 12.1. The van der Waals surface area contributed by atoms with E-state index in [0.717, 1.165) is 38.2 Å². The zero-order valence-corrected chi connectivity index (χ0v) is 10.4. The summed E-state index contributed by atoms with van der Waals surface area (Å²) in [5.74, 6) is 0.229. The molecule has 1 aliphatic rings. The lowest BCUT2D eigenvalue weighted by Crippen LogP contribution is -2.33. The lowest BCUT2D eigenvalue weighted by atomic mass is 10.1. The van der Waals surface area contributed by atoms with Crippen molar-refractivity contribution in [3.05, 3.63) is 35.4 Å². The van der Waals surface area contributed by atoms with E-state index in [2.05, 4.69) is 10.2 Å². The Morgan fingerprint density at radius 1 is 1.24 bits per heavy atom. The van der Waals surface area contributed by atoms with Crippen molar-refractivity contribution < 1.29 is 4.79 Å². The molecule has 3 nitrogen and oxygen atoms in total. The van der Waals surface area contributed by atoms with Gasteiger partial charge in [-0.05, 0) is 26.4 Å². The molecule has 92 valence electrons. The molecule has 1 saturated heterocycles. The number of Topliss-reactive ketones (excluding diaryl/α,β-unsaturated/α-hetero) is 1. The summed E-state index contributed by atoms with van der Waals surface area (Å²) in [6.07, 6.45) is 1.13. The number of benzene rings is 1. The Bertz CT molecular complexity index is 364. The molecule has 0 radical (unpaired) electrons. The van der Waals surface area contributed by atoms with E-state index in [0.29, 0.717) is 6.54 Å². The minimum atomic E-state index is 0.229. The molecule has 0 aromatic heterocycles. The summed E-state index contributed by atoms with van der Waals surface area (Å²) in [6.45, 7) is 6.62. The van der Waals surface area contributed by atoms with Gasteiger partial charge < -0.3 is 5.32 Å². The van der Waals surface area contributed by atoms with Crippen LogP contribution in [0.3, 0.4) is 0 Å². The minimum absolute atomic E-state index is 0.229. The highest BCUT2D eigenvalue weighted by Crippen LogP contribution is 2.06. The second-order valence-corrected chi connectivity index (χ2v) is 4.67. The number of hydrogen-bond acceptors (Lipinski definition) is 3. The van der Waals surface area contributed by atoms with Crippen LogP contribution >= 0.6 is 0 Å². The van der Waals surface area contributed by atoms with E-state index >= 15 is 0 Å². The van der Waals surface area contributed by atoms with Gasteiger partial charge >= 0.3 is 0 Å². The van der Waals surface area contributed by atoms with Crippen LogP contribution in [0.15, 0.2) is 24.3 Å². The smallest absolute Gasteiger partial charge is 0.176 e. The fraction of sp³-hybridized carbons (Fsp3) is 0.500. The molecular weight excluding hydrogens is 212 g/mol. The Labute approximate surface area is 103 Å². The molecule has 1 fully saturated rings. The van der Waals surface area contributed by atoms with Gasteiger partial charge in [-0.25, -0.2) is 0 Å². The molecular formula is C14H20N2O. The molecule has 2 rings (SSSR count). The Morgan fingerprint density at radius 2 is 2.00 bits per heavy atom. The molecule has 1 aromatic rings. The maximum Gasteiger partial charge on any atom is 0.176 e. The van der Waals surface area contributed by atoms with Gasteiger partial charge in [-0.1, -0.05) is 29.8 Å². The summed E-state index contributed by atoms with van der Waals surface area (Å²) < 4.78 is 0. The number of ketones is 1. The Hall–Kier alpha value is -1.19. The molecule has 1 heterocycles. The van der Waals surface area contributed by atoms with Crippen LogP contribution in [0.4, 0.5) is 0 Å². The predicted octanol–water partition coefficient (Wildman–Crippen LogP) is 1.47. The molecule has 1 N–H and O–H groups in total. The van der Waals surface area contributed by atoms with Crippen molar-refractivity contribution in [2.45, 2.75) is 13.3 Å². The zero-order valence-electron chi connectivity index (χ0n) is 10.4. The topological polar surface area (TPSA) is 32.3 Å². The lowest BCUT2D eigenvalue weighted by molar-refractivity contribution is 0.0935. The summed E-state index contributed by atoms with van der Waals surface area (Å²) in [5.41, 5.74) is 2.02. The highest BCUT2D eigenvalue weighted by Gasteiger charge is 2.13. The van der Waals surface area contributed by atoms with Gasteiger partial charge in [0.15, 0.2) is 5.78 Å². The van der Waals surface area contributed by atoms with Crippen molar-refractivity contribution in [1.82, 2.24) is 10.2 Å². The number of carbonyl (C=O) groups is 1. The predicted molar refractivity (Wildman–Crippen MR) is 69.4 cm³/mol. The summed E-state index contributed by atoms with van der Waals surface area (Å²) in [6, 6.07) is 7.84. The minimum Gasteiger partial charge on any atom is -0.315 e. The number of carbonyl (C=O) groups excluding carboxylic acids is 1. The van der Waals surface area contributed by atoms with Crippen LogP contribution in [0.1, 0.15) is 22.3 Å². The average Bonchev–Trinajstić information content (AvgIpc) is 2.58. The van der Waals surface area contributed by atoms with Crippen LogP contribution in [0.5, 0.6) is 0 Å². The monoisotopic (exact) mass is 232 g/mol. The first-order chi connectivity index (χ1) is 8.25. The van der Waals surface area contributed by atoms with Crippen molar-refractivity contribution in [2.75, 3.05) is 32.7 Å². The number of nitrogens with zero attached hydrogens (tertiary/aromatic N) is 1. The van der Waals surface area contributed by atoms with E-state index in [-0.39, 0.29) is 5.78 Å². The summed E-state index contributed by atoms with van der Waals surface area (Å²) in [5, 5.41) is 3.34. The highest BCUT2D eigenvalue weighted by molar-refractivity contribution is 5.97. The standard InChI is InChI=1S/C14H20N2O/c1-12-3-5-13(6-4-12)14(17)11-16-9-2-7-15-8-10-16/h3-6,15H,2,7-11H2,1H3. The van der Waals surface area contributed by atoms with Gasteiger partial charge in [0.05, 0.1) is 6.54 Å². The van der Waals surface area contributed by atoms with Crippen molar-refractivity contribution in [2.24, 2.45) is 0 Å². The molecule has 0 aliphatic carbocycles. The Morgan fingerprint density at radius 3 is 2.76 bits per heavy atom. The summed E-state index contributed by atoms with van der Waals surface area (Å²) in [7, 11) is 0. The Kier molecular flexibility index (Phi) is 4.29. The van der Waals surface area contributed by atoms with Gasteiger partial charge in [0, 0.05) is 18.7 Å². The molecule has 0 saturated carbocycles. The molecule has 0 amide bonds. The molecule has 1 aromatic carbocycles. The molecule has 1 aliphatic heterocycles. The van der Waals surface area contributed by atoms with Gasteiger partial charge in [0.1, 0.15) is 0 Å². The zero-order chi connectivity index (χ0) is 12.1.